The molecule has 0 aliphatic heterocycles. The Bertz CT molecular complexity index is 760. The predicted molar refractivity (Wildman–Crippen MR) is 85.1 cm³/mol. The molecule has 26 heavy (non-hydrogen) atoms. The molecule has 0 radical (unpaired) electrons. The van der Waals surface area contributed by atoms with Crippen LogP contribution in [0.1, 0.15) is 42.3 Å². The van der Waals surface area contributed by atoms with Crippen molar-refractivity contribution in [2.24, 2.45) is 5.10 Å². The Morgan fingerprint density at radius 3 is 2.27 bits per heavy atom. The van der Waals surface area contributed by atoms with Gasteiger partial charge in [0.15, 0.2) is 0 Å². The van der Waals surface area contributed by atoms with Crippen molar-refractivity contribution in [2.45, 2.75) is 26.9 Å². The van der Waals surface area contributed by atoms with Crippen LogP contribution in [-0.2, 0) is 15.7 Å². The van der Waals surface area contributed by atoms with Crippen LogP contribution >= 0.6 is 0 Å². The smallest absolute Gasteiger partial charge is 0.427 e. The summed E-state index contributed by atoms with van der Waals surface area (Å²) >= 11 is 0. The molecule has 0 bridgehead atoms. The summed E-state index contributed by atoms with van der Waals surface area (Å²) in [5.41, 5.74) is -1.27. The van der Waals surface area contributed by atoms with E-state index in [1.54, 1.807) is 0 Å². The molecule has 1 aromatic carbocycles. The van der Waals surface area contributed by atoms with Crippen LogP contribution in [0.15, 0.2) is 17.2 Å². The lowest BCUT2D eigenvalue weighted by Crippen LogP contribution is -2.22. The minimum absolute atomic E-state index is 0.0305. The number of anilines is 1. The Balaban J connectivity index is 3.51. The maximum Gasteiger partial charge on any atom is 0.427 e. The van der Waals surface area contributed by atoms with Gasteiger partial charge in [-0.25, -0.2) is 15.0 Å². The first-order valence-corrected chi connectivity index (χ1v) is 7.20. The molecule has 0 fully saturated rings. The Morgan fingerprint density at radius 2 is 1.81 bits per heavy atom. The van der Waals surface area contributed by atoms with E-state index in [9.17, 15) is 32.7 Å². The maximum absolute atomic E-state index is 13.4. The average Bonchev–Trinajstić information content (AvgIpc) is 2.50. The van der Waals surface area contributed by atoms with Crippen LogP contribution in [0.3, 0.4) is 0 Å². The van der Waals surface area contributed by atoms with E-state index in [1.807, 2.05) is 5.43 Å². The summed E-state index contributed by atoms with van der Waals surface area (Å²) < 4.78 is 44.6. The van der Waals surface area contributed by atoms with E-state index < -0.39 is 46.5 Å². The van der Waals surface area contributed by atoms with Gasteiger partial charge in [-0.15, -0.1) is 0 Å². The fraction of sp³-hybridized carbons (Fsp3) is 0.333. The molecule has 1 rings (SSSR count). The average molecular weight is 375 g/mol. The summed E-state index contributed by atoms with van der Waals surface area (Å²) in [7, 11) is 0. The Morgan fingerprint density at radius 1 is 1.19 bits per heavy atom. The van der Waals surface area contributed by atoms with Gasteiger partial charge in [-0.3, -0.25) is 4.79 Å². The lowest BCUT2D eigenvalue weighted by atomic mass is 9.98. The summed E-state index contributed by atoms with van der Waals surface area (Å²) in [6.45, 7) is 3.74. The number of alkyl halides is 3. The van der Waals surface area contributed by atoms with E-state index in [1.165, 1.54) is 6.92 Å². The third kappa shape index (κ3) is 5.46. The number of halogens is 3. The van der Waals surface area contributed by atoms with Crippen molar-refractivity contribution in [1.82, 2.24) is 5.43 Å². The van der Waals surface area contributed by atoms with Crippen molar-refractivity contribution in [3.63, 3.8) is 0 Å². The highest BCUT2D eigenvalue weighted by Crippen LogP contribution is 2.36. The number of ether oxygens (including phenoxy) is 1. The molecule has 2 amide bonds. The molecule has 0 spiro atoms. The second kappa shape index (κ2) is 8.32. The monoisotopic (exact) mass is 375 g/mol. The zero-order valence-electron chi connectivity index (χ0n) is 14.0. The van der Waals surface area contributed by atoms with Gasteiger partial charge in [0.05, 0.1) is 29.1 Å². The van der Waals surface area contributed by atoms with Crippen LogP contribution in [0.2, 0.25) is 0 Å². The fourth-order valence-corrected chi connectivity index (χ4v) is 1.96. The van der Waals surface area contributed by atoms with E-state index in [4.69, 9.17) is 0 Å². The highest BCUT2D eigenvalue weighted by molar-refractivity contribution is 6.06. The van der Waals surface area contributed by atoms with E-state index in [0.717, 1.165) is 19.9 Å². The Kier molecular flexibility index (Phi) is 6.70. The standard InChI is InChI=1S/C15H16F3N3O5/c1-4-26-14(25)21-20-7(2)9-5-10(13(23)24)12(19-8(3)22)6-11(9)15(16,17)18/h5-6H,4H2,1-3H3,(H,19,22)(H,21,25)(H,23,24). The van der Waals surface area contributed by atoms with Crippen LogP contribution < -0.4 is 10.7 Å². The molecule has 1 aromatic rings. The Labute approximate surface area is 146 Å². The van der Waals surface area contributed by atoms with Gasteiger partial charge < -0.3 is 15.2 Å². The van der Waals surface area contributed by atoms with Crippen LogP contribution in [-0.4, -0.2) is 35.4 Å². The highest BCUT2D eigenvalue weighted by atomic mass is 19.4. The number of carbonyl (C=O) groups is 3. The molecule has 0 unspecified atom stereocenters. The lowest BCUT2D eigenvalue weighted by Gasteiger charge is -2.17. The van der Waals surface area contributed by atoms with Crippen molar-refractivity contribution >= 4 is 29.4 Å². The van der Waals surface area contributed by atoms with Crippen LogP contribution in [0.4, 0.5) is 23.7 Å². The molecule has 0 saturated carbocycles. The number of carboxylic acids is 1. The SMILES string of the molecule is CCOC(=O)NN=C(C)c1cc(C(=O)O)c(NC(C)=O)cc1C(F)(F)F. The first-order valence-electron chi connectivity index (χ1n) is 7.20. The number of hydrogen-bond acceptors (Lipinski definition) is 5. The van der Waals surface area contributed by atoms with Gasteiger partial charge in [-0.2, -0.15) is 18.3 Å². The number of aromatic carboxylic acids is 1. The van der Waals surface area contributed by atoms with Crippen molar-refractivity contribution in [3.05, 3.63) is 28.8 Å². The lowest BCUT2D eigenvalue weighted by molar-refractivity contribution is -0.137. The number of hydrazone groups is 1. The second-order valence-corrected chi connectivity index (χ2v) is 4.96. The number of nitrogens with one attached hydrogen (secondary N) is 2. The fourth-order valence-electron chi connectivity index (χ4n) is 1.96. The summed E-state index contributed by atoms with van der Waals surface area (Å²) in [6, 6.07) is 1.23. The zero-order chi connectivity index (χ0) is 20.1. The van der Waals surface area contributed by atoms with E-state index >= 15 is 0 Å². The van der Waals surface area contributed by atoms with Crippen molar-refractivity contribution in [3.8, 4) is 0 Å². The molecule has 0 saturated heterocycles. The van der Waals surface area contributed by atoms with Crippen molar-refractivity contribution < 1.29 is 37.4 Å². The molecule has 3 N–H and O–H groups in total. The van der Waals surface area contributed by atoms with Gasteiger partial charge in [0.2, 0.25) is 5.91 Å². The van der Waals surface area contributed by atoms with E-state index in [0.29, 0.717) is 6.07 Å². The van der Waals surface area contributed by atoms with Gasteiger partial charge in [-0.1, -0.05) is 0 Å². The number of carbonyl (C=O) groups excluding carboxylic acids is 2. The predicted octanol–water partition coefficient (Wildman–Crippen LogP) is 2.83. The topological polar surface area (TPSA) is 117 Å². The second-order valence-electron chi connectivity index (χ2n) is 4.96. The number of hydrogen-bond donors (Lipinski definition) is 3. The third-order valence-corrected chi connectivity index (χ3v) is 2.98. The van der Waals surface area contributed by atoms with Crippen molar-refractivity contribution in [2.75, 3.05) is 11.9 Å². The number of nitrogens with zero attached hydrogens (tertiary/aromatic N) is 1. The number of benzene rings is 1. The van der Waals surface area contributed by atoms with Crippen LogP contribution in [0, 0.1) is 0 Å². The zero-order valence-corrected chi connectivity index (χ0v) is 14.0. The first kappa shape index (κ1) is 20.9. The molecule has 142 valence electrons. The summed E-state index contributed by atoms with van der Waals surface area (Å²) in [4.78, 5) is 33.7. The Hall–Kier alpha value is -3.11. The highest BCUT2D eigenvalue weighted by Gasteiger charge is 2.36. The minimum atomic E-state index is -4.86. The minimum Gasteiger partial charge on any atom is -0.478 e. The largest absolute Gasteiger partial charge is 0.478 e. The number of rotatable bonds is 5. The molecule has 0 atom stereocenters. The van der Waals surface area contributed by atoms with E-state index in [-0.39, 0.29) is 12.3 Å². The number of carboxylic acid groups (broad SMARTS) is 1. The third-order valence-electron chi connectivity index (χ3n) is 2.98. The van der Waals surface area contributed by atoms with Gasteiger partial charge in [0, 0.05) is 12.5 Å². The summed E-state index contributed by atoms with van der Waals surface area (Å²) in [5.74, 6) is -2.28. The molecular weight excluding hydrogens is 359 g/mol. The maximum atomic E-state index is 13.4. The molecule has 0 aliphatic carbocycles. The quantitative estimate of drug-likeness (QED) is 0.540. The number of amides is 2. The normalized spacial score (nSPS) is 11.7. The molecule has 0 aromatic heterocycles. The summed E-state index contributed by atoms with van der Waals surface area (Å²) in [6.07, 6.45) is -5.84. The van der Waals surface area contributed by atoms with Gasteiger partial charge in [0.1, 0.15) is 0 Å². The molecule has 0 heterocycles. The summed E-state index contributed by atoms with van der Waals surface area (Å²) in [5, 5.41) is 14.7. The molecule has 0 aliphatic rings. The van der Waals surface area contributed by atoms with Gasteiger partial charge in [0.25, 0.3) is 0 Å². The van der Waals surface area contributed by atoms with E-state index in [2.05, 4.69) is 15.2 Å². The van der Waals surface area contributed by atoms with Crippen LogP contribution in [0.5, 0.6) is 0 Å². The molecule has 11 heteroatoms. The first-order chi connectivity index (χ1) is 12.0. The van der Waals surface area contributed by atoms with Crippen molar-refractivity contribution in [1.29, 1.82) is 0 Å². The van der Waals surface area contributed by atoms with Gasteiger partial charge >= 0.3 is 18.2 Å². The molecular formula is C15H16F3N3O5. The van der Waals surface area contributed by atoms with Crippen LogP contribution in [0.25, 0.3) is 0 Å². The molecule has 8 nitrogen and oxygen atoms in total. The van der Waals surface area contributed by atoms with Gasteiger partial charge in [-0.05, 0) is 26.0 Å².